The molecule has 1 amide bonds. The average Bonchev–Trinajstić information content (AvgIpc) is 2.91. The second-order valence-electron chi connectivity index (χ2n) is 4.79. The predicted molar refractivity (Wildman–Crippen MR) is 83.0 cm³/mol. The molecule has 0 spiro atoms. The van der Waals surface area contributed by atoms with Gasteiger partial charge in [-0.15, -0.1) is 36.2 Å². The normalized spacial score (nSPS) is 21.4. The number of rotatable bonds is 4. The summed E-state index contributed by atoms with van der Waals surface area (Å²) in [5.74, 6) is 0.556. The number of nitrogens with two attached hydrogens (primary N) is 1. The number of amides is 1. The van der Waals surface area contributed by atoms with Crippen molar-refractivity contribution in [2.45, 2.75) is 38.3 Å². The molecule has 1 aliphatic rings. The molecule has 2 atom stereocenters. The molecule has 2 rings (SSSR count). The fourth-order valence-corrected chi connectivity index (χ4v) is 2.90. The maximum atomic E-state index is 12.0. The number of aromatic nitrogens is 1. The first-order valence-corrected chi connectivity index (χ1v) is 6.97. The van der Waals surface area contributed by atoms with Crippen LogP contribution < -0.4 is 5.73 Å². The van der Waals surface area contributed by atoms with Crippen LogP contribution in [0.4, 0.5) is 0 Å². The van der Waals surface area contributed by atoms with Crippen molar-refractivity contribution < 1.29 is 4.79 Å². The van der Waals surface area contributed by atoms with E-state index in [2.05, 4.69) is 4.98 Å². The van der Waals surface area contributed by atoms with E-state index in [4.69, 9.17) is 5.73 Å². The van der Waals surface area contributed by atoms with Crippen LogP contribution in [0.3, 0.4) is 0 Å². The third-order valence-electron chi connectivity index (χ3n) is 3.46. The number of carbonyl (C=O) groups excluding carboxylic acids is 1. The van der Waals surface area contributed by atoms with E-state index in [1.54, 1.807) is 21.7 Å². The highest BCUT2D eigenvalue weighted by Gasteiger charge is 2.27. The van der Waals surface area contributed by atoms with E-state index in [1.807, 2.05) is 12.4 Å². The fourth-order valence-electron chi connectivity index (χ4n) is 2.35. The lowest BCUT2D eigenvalue weighted by atomic mass is 9.99. The summed E-state index contributed by atoms with van der Waals surface area (Å²) in [4.78, 5) is 18.0. The standard InChI is InChI=1S/C12H19N3OS.2ClH/c1-15(6-10-7-17-8-14-10)12(16)5-9-3-2-4-11(9)13;;/h7-9,11H,2-6,13H2,1H3;2*1H/t9-,11+;;/m0../s1. The van der Waals surface area contributed by atoms with Crippen LogP contribution in [0, 0.1) is 5.92 Å². The lowest BCUT2D eigenvalue weighted by Gasteiger charge is -2.20. The van der Waals surface area contributed by atoms with Crippen LogP contribution in [0.2, 0.25) is 0 Å². The molecule has 0 saturated heterocycles. The number of halogens is 2. The Kier molecular flexibility index (Phi) is 8.57. The summed E-state index contributed by atoms with van der Waals surface area (Å²) in [6, 6.07) is 0.214. The number of nitrogens with zero attached hydrogens (tertiary/aromatic N) is 2. The zero-order valence-corrected chi connectivity index (χ0v) is 13.4. The maximum absolute atomic E-state index is 12.0. The lowest BCUT2D eigenvalue weighted by Crippen LogP contribution is -2.32. The summed E-state index contributed by atoms with van der Waals surface area (Å²) in [5.41, 5.74) is 8.73. The van der Waals surface area contributed by atoms with Crippen LogP contribution in [0.1, 0.15) is 31.4 Å². The number of carbonyl (C=O) groups is 1. The minimum Gasteiger partial charge on any atom is -0.340 e. The highest BCUT2D eigenvalue weighted by Crippen LogP contribution is 2.27. The van der Waals surface area contributed by atoms with Crippen molar-refractivity contribution in [2.24, 2.45) is 11.7 Å². The Morgan fingerprint density at radius 3 is 2.79 bits per heavy atom. The summed E-state index contributed by atoms with van der Waals surface area (Å²) in [7, 11) is 1.84. The van der Waals surface area contributed by atoms with Crippen molar-refractivity contribution in [1.29, 1.82) is 0 Å². The smallest absolute Gasteiger partial charge is 0.223 e. The Labute approximate surface area is 130 Å². The molecule has 1 fully saturated rings. The maximum Gasteiger partial charge on any atom is 0.223 e. The Balaban J connectivity index is 0.00000162. The lowest BCUT2D eigenvalue weighted by molar-refractivity contribution is -0.131. The van der Waals surface area contributed by atoms with Gasteiger partial charge in [-0.05, 0) is 18.8 Å². The van der Waals surface area contributed by atoms with Crippen molar-refractivity contribution >= 4 is 42.1 Å². The van der Waals surface area contributed by atoms with Gasteiger partial charge in [0.1, 0.15) is 0 Å². The first-order valence-electron chi connectivity index (χ1n) is 6.03. The van der Waals surface area contributed by atoms with Gasteiger partial charge < -0.3 is 10.6 Å². The molecule has 0 unspecified atom stereocenters. The Morgan fingerprint density at radius 1 is 1.53 bits per heavy atom. The molecule has 19 heavy (non-hydrogen) atoms. The summed E-state index contributed by atoms with van der Waals surface area (Å²) >= 11 is 1.56. The van der Waals surface area contributed by atoms with E-state index in [9.17, 15) is 4.79 Å². The van der Waals surface area contributed by atoms with E-state index in [-0.39, 0.29) is 36.8 Å². The third kappa shape index (κ3) is 5.26. The van der Waals surface area contributed by atoms with Crippen LogP contribution >= 0.6 is 36.2 Å². The molecule has 0 aliphatic heterocycles. The van der Waals surface area contributed by atoms with Gasteiger partial charge in [0.25, 0.3) is 0 Å². The van der Waals surface area contributed by atoms with Crippen molar-refractivity contribution in [3.05, 3.63) is 16.6 Å². The third-order valence-corrected chi connectivity index (χ3v) is 4.10. The van der Waals surface area contributed by atoms with Gasteiger partial charge in [-0.2, -0.15) is 0 Å². The topological polar surface area (TPSA) is 59.2 Å². The van der Waals surface area contributed by atoms with E-state index in [0.717, 1.165) is 25.0 Å². The average molecular weight is 326 g/mol. The largest absolute Gasteiger partial charge is 0.340 e. The molecule has 0 radical (unpaired) electrons. The highest BCUT2D eigenvalue weighted by atomic mass is 35.5. The molecule has 0 bridgehead atoms. The molecule has 7 heteroatoms. The van der Waals surface area contributed by atoms with E-state index < -0.39 is 0 Å². The van der Waals surface area contributed by atoms with Gasteiger partial charge in [0.15, 0.2) is 0 Å². The zero-order valence-electron chi connectivity index (χ0n) is 10.9. The first kappa shape index (κ1) is 18.6. The quantitative estimate of drug-likeness (QED) is 0.925. The van der Waals surface area contributed by atoms with Crippen LogP contribution in [-0.2, 0) is 11.3 Å². The molecular formula is C12H21Cl2N3OS. The monoisotopic (exact) mass is 325 g/mol. The van der Waals surface area contributed by atoms with Crippen molar-refractivity contribution in [1.82, 2.24) is 9.88 Å². The second kappa shape index (κ2) is 8.74. The van der Waals surface area contributed by atoms with E-state index >= 15 is 0 Å². The molecule has 1 heterocycles. The minimum absolute atomic E-state index is 0. The Bertz CT molecular complexity index is 375. The van der Waals surface area contributed by atoms with Crippen LogP contribution in [0.25, 0.3) is 0 Å². The van der Waals surface area contributed by atoms with Crippen LogP contribution in [0.5, 0.6) is 0 Å². The van der Waals surface area contributed by atoms with Crippen LogP contribution in [-0.4, -0.2) is 28.9 Å². The SMILES string of the molecule is CN(Cc1cscn1)C(=O)C[C@@H]1CCC[C@H]1N.Cl.Cl. The minimum atomic E-state index is 0. The van der Waals surface area contributed by atoms with Gasteiger partial charge in [0.05, 0.1) is 17.7 Å². The molecule has 1 aliphatic carbocycles. The fraction of sp³-hybridized carbons (Fsp3) is 0.667. The van der Waals surface area contributed by atoms with Gasteiger partial charge in [-0.1, -0.05) is 6.42 Å². The van der Waals surface area contributed by atoms with Crippen LogP contribution in [0.15, 0.2) is 10.9 Å². The Hall–Kier alpha value is -0.360. The second-order valence-corrected chi connectivity index (χ2v) is 5.51. The van der Waals surface area contributed by atoms with Gasteiger partial charge in [-0.25, -0.2) is 4.98 Å². The molecule has 4 nitrogen and oxygen atoms in total. The molecule has 1 aromatic heterocycles. The van der Waals surface area contributed by atoms with Crippen molar-refractivity contribution in [2.75, 3.05) is 7.05 Å². The highest BCUT2D eigenvalue weighted by molar-refractivity contribution is 7.07. The summed E-state index contributed by atoms with van der Waals surface area (Å²) < 4.78 is 0. The zero-order chi connectivity index (χ0) is 12.3. The molecule has 1 aromatic rings. The first-order chi connectivity index (χ1) is 8.16. The van der Waals surface area contributed by atoms with Gasteiger partial charge in [0.2, 0.25) is 5.91 Å². The number of thiazole rings is 1. The predicted octanol–water partition coefficient (Wildman–Crippen LogP) is 2.46. The Morgan fingerprint density at radius 2 is 2.26 bits per heavy atom. The van der Waals surface area contributed by atoms with E-state index in [1.165, 1.54) is 0 Å². The van der Waals surface area contributed by atoms with Crippen molar-refractivity contribution in [3.63, 3.8) is 0 Å². The number of hydrogen-bond donors (Lipinski definition) is 1. The number of hydrogen-bond acceptors (Lipinski definition) is 4. The molecule has 110 valence electrons. The molecule has 1 saturated carbocycles. The summed E-state index contributed by atoms with van der Waals surface area (Å²) in [6.45, 7) is 0.601. The van der Waals surface area contributed by atoms with Gasteiger partial charge in [-0.3, -0.25) is 4.79 Å². The van der Waals surface area contributed by atoms with E-state index in [0.29, 0.717) is 18.9 Å². The molecular weight excluding hydrogens is 305 g/mol. The van der Waals surface area contributed by atoms with Crippen molar-refractivity contribution in [3.8, 4) is 0 Å². The van der Waals surface area contributed by atoms with Gasteiger partial charge >= 0.3 is 0 Å². The molecule has 2 N–H and O–H groups in total. The summed E-state index contributed by atoms with van der Waals surface area (Å²) in [5, 5.41) is 1.98. The van der Waals surface area contributed by atoms with Gasteiger partial charge in [0, 0.05) is 24.9 Å². The molecule has 0 aromatic carbocycles. The summed E-state index contributed by atoms with van der Waals surface area (Å²) in [6.07, 6.45) is 3.90.